The van der Waals surface area contributed by atoms with Crippen molar-refractivity contribution in [1.29, 1.82) is 0 Å². The Morgan fingerprint density at radius 3 is 2.70 bits per heavy atom. The minimum atomic E-state index is 0.726. The molecule has 3 heterocycles. The number of nitrogens with zero attached hydrogens (tertiary/aromatic N) is 5. The van der Waals surface area contributed by atoms with Crippen molar-refractivity contribution in [3.63, 3.8) is 0 Å². The fourth-order valence-electron chi connectivity index (χ4n) is 3.06. The van der Waals surface area contributed by atoms with Gasteiger partial charge in [-0.1, -0.05) is 13.0 Å². The summed E-state index contributed by atoms with van der Waals surface area (Å²) in [4.78, 5) is 13.9. The van der Waals surface area contributed by atoms with E-state index in [0.717, 1.165) is 55.3 Å². The van der Waals surface area contributed by atoms with E-state index in [2.05, 4.69) is 50.1 Å². The normalized spacial score (nSPS) is 15.8. The van der Waals surface area contributed by atoms with Crippen molar-refractivity contribution in [2.75, 3.05) is 36.0 Å². The summed E-state index contributed by atoms with van der Waals surface area (Å²) in [6.45, 7) is 8.58. The number of piperidine rings is 1. The Morgan fingerprint density at radius 1 is 1.26 bits per heavy atom. The van der Waals surface area contributed by atoms with Crippen LogP contribution in [0.2, 0.25) is 0 Å². The molecule has 0 N–H and O–H groups in total. The van der Waals surface area contributed by atoms with Gasteiger partial charge in [0.15, 0.2) is 0 Å². The molecule has 0 bridgehead atoms. The maximum Gasteiger partial charge on any atom is 0.205 e. The molecule has 2 aromatic heterocycles. The van der Waals surface area contributed by atoms with Crippen molar-refractivity contribution < 1.29 is 0 Å². The van der Waals surface area contributed by atoms with E-state index in [1.807, 2.05) is 12.3 Å². The van der Waals surface area contributed by atoms with Crippen LogP contribution in [0.4, 0.5) is 10.9 Å². The molecule has 0 unspecified atom stereocenters. The molecular formula is C17H25N5S. The molecule has 1 aliphatic heterocycles. The van der Waals surface area contributed by atoms with Crippen molar-refractivity contribution in [2.45, 2.75) is 33.1 Å². The van der Waals surface area contributed by atoms with E-state index in [4.69, 9.17) is 0 Å². The third-order valence-electron chi connectivity index (χ3n) is 4.49. The molecule has 0 aliphatic carbocycles. The predicted molar refractivity (Wildman–Crippen MR) is 96.3 cm³/mol. The predicted octanol–water partition coefficient (Wildman–Crippen LogP) is 3.24. The smallest absolute Gasteiger partial charge is 0.205 e. The van der Waals surface area contributed by atoms with Crippen molar-refractivity contribution in [2.24, 2.45) is 5.92 Å². The Bertz CT molecular complexity index is 592. The summed E-state index contributed by atoms with van der Waals surface area (Å²) in [5.41, 5.74) is 0. The lowest BCUT2D eigenvalue weighted by Crippen LogP contribution is -2.39. The minimum Gasteiger partial charge on any atom is -0.357 e. The monoisotopic (exact) mass is 331 g/mol. The van der Waals surface area contributed by atoms with Crippen LogP contribution in [0.5, 0.6) is 0 Å². The number of pyridine rings is 1. The maximum atomic E-state index is 4.64. The Hall–Kier alpha value is -1.69. The van der Waals surface area contributed by atoms with E-state index >= 15 is 0 Å². The van der Waals surface area contributed by atoms with Gasteiger partial charge in [0.05, 0.1) is 0 Å². The second-order valence-electron chi connectivity index (χ2n) is 6.00. The molecule has 1 fully saturated rings. The summed E-state index contributed by atoms with van der Waals surface area (Å²) in [5.74, 6) is 2.80. The fourth-order valence-corrected chi connectivity index (χ4v) is 3.88. The summed E-state index contributed by atoms with van der Waals surface area (Å²) < 4.78 is 4.42. The highest BCUT2D eigenvalue weighted by Crippen LogP contribution is 2.25. The number of aryl methyl sites for hydroxylation is 1. The molecule has 2 aromatic rings. The number of aromatic nitrogens is 3. The van der Waals surface area contributed by atoms with Gasteiger partial charge in [-0.15, -0.1) is 0 Å². The quantitative estimate of drug-likeness (QED) is 0.813. The van der Waals surface area contributed by atoms with Gasteiger partial charge in [0.25, 0.3) is 0 Å². The Kier molecular flexibility index (Phi) is 5.43. The van der Waals surface area contributed by atoms with Crippen LogP contribution < -0.4 is 9.80 Å². The zero-order chi connectivity index (χ0) is 16.1. The molecule has 5 nitrogen and oxygen atoms in total. The van der Waals surface area contributed by atoms with Gasteiger partial charge in [-0.25, -0.2) is 9.97 Å². The first-order chi connectivity index (χ1) is 11.3. The van der Waals surface area contributed by atoms with Crippen LogP contribution in [0, 0.1) is 5.92 Å². The maximum absolute atomic E-state index is 4.64. The van der Waals surface area contributed by atoms with Crippen molar-refractivity contribution in [1.82, 2.24) is 14.3 Å². The lowest BCUT2D eigenvalue weighted by Gasteiger charge is -2.35. The number of hydrogen-bond donors (Lipinski definition) is 0. The van der Waals surface area contributed by atoms with Crippen molar-refractivity contribution >= 4 is 22.5 Å². The van der Waals surface area contributed by atoms with Crippen LogP contribution in [0.3, 0.4) is 0 Å². The van der Waals surface area contributed by atoms with Crippen LogP contribution in [0.25, 0.3) is 0 Å². The summed E-state index contributed by atoms with van der Waals surface area (Å²) in [5, 5.41) is 1.08. The number of anilines is 2. The molecule has 0 atom stereocenters. The summed E-state index contributed by atoms with van der Waals surface area (Å²) in [6, 6.07) is 6.14. The first-order valence-corrected chi connectivity index (χ1v) is 9.31. The van der Waals surface area contributed by atoms with E-state index in [9.17, 15) is 0 Å². The highest BCUT2D eigenvalue weighted by molar-refractivity contribution is 7.09. The van der Waals surface area contributed by atoms with E-state index < -0.39 is 0 Å². The van der Waals surface area contributed by atoms with E-state index in [-0.39, 0.29) is 0 Å². The lowest BCUT2D eigenvalue weighted by atomic mass is 9.96. The molecule has 0 saturated carbocycles. The zero-order valence-electron chi connectivity index (χ0n) is 14.0. The van der Waals surface area contributed by atoms with E-state index in [1.54, 1.807) is 0 Å². The molecule has 23 heavy (non-hydrogen) atoms. The lowest BCUT2D eigenvalue weighted by molar-refractivity contribution is 0.403. The third-order valence-corrected chi connectivity index (χ3v) is 5.31. The molecule has 0 spiro atoms. The number of hydrogen-bond acceptors (Lipinski definition) is 6. The van der Waals surface area contributed by atoms with Crippen molar-refractivity contribution in [3.8, 4) is 0 Å². The molecular weight excluding hydrogens is 306 g/mol. The average molecular weight is 331 g/mol. The molecule has 0 radical (unpaired) electrons. The van der Waals surface area contributed by atoms with Crippen LogP contribution in [0.1, 0.15) is 32.5 Å². The first kappa shape index (κ1) is 16.2. The van der Waals surface area contributed by atoms with Gasteiger partial charge >= 0.3 is 0 Å². The minimum absolute atomic E-state index is 0.726. The molecule has 0 aromatic carbocycles. The van der Waals surface area contributed by atoms with Crippen LogP contribution >= 0.6 is 11.5 Å². The van der Waals surface area contributed by atoms with Gasteiger partial charge in [-0.05, 0) is 37.8 Å². The first-order valence-electron chi connectivity index (χ1n) is 8.53. The standard InChI is InChI=1S/C17H25N5S/c1-3-15-19-17(23-20-15)21(4-2)13-14-8-11-22(12-9-14)16-7-5-6-10-18-16/h5-7,10,14H,3-4,8-9,11-13H2,1-2H3. The highest BCUT2D eigenvalue weighted by Gasteiger charge is 2.23. The van der Waals surface area contributed by atoms with Crippen LogP contribution in [-0.2, 0) is 6.42 Å². The summed E-state index contributed by atoms with van der Waals surface area (Å²) >= 11 is 1.54. The molecule has 6 heteroatoms. The van der Waals surface area contributed by atoms with Crippen LogP contribution in [0.15, 0.2) is 24.4 Å². The van der Waals surface area contributed by atoms with Crippen LogP contribution in [-0.4, -0.2) is 40.5 Å². The summed E-state index contributed by atoms with van der Waals surface area (Å²) in [6.07, 6.45) is 5.22. The molecule has 124 valence electrons. The van der Waals surface area contributed by atoms with Gasteiger partial charge in [0.2, 0.25) is 5.13 Å². The van der Waals surface area contributed by atoms with E-state index in [1.165, 1.54) is 24.4 Å². The van der Waals surface area contributed by atoms with Crippen molar-refractivity contribution in [3.05, 3.63) is 30.2 Å². The van der Waals surface area contributed by atoms with Gasteiger partial charge in [-0.2, -0.15) is 4.37 Å². The Labute approximate surface area is 142 Å². The molecule has 3 rings (SSSR count). The van der Waals surface area contributed by atoms with Gasteiger partial charge in [-0.3, -0.25) is 0 Å². The Morgan fingerprint density at radius 2 is 2.09 bits per heavy atom. The molecule has 0 amide bonds. The third kappa shape index (κ3) is 3.99. The van der Waals surface area contributed by atoms with Gasteiger partial charge in [0.1, 0.15) is 11.6 Å². The highest BCUT2D eigenvalue weighted by atomic mass is 32.1. The van der Waals surface area contributed by atoms with Gasteiger partial charge < -0.3 is 9.80 Å². The fraction of sp³-hybridized carbons (Fsp3) is 0.588. The molecule has 1 saturated heterocycles. The largest absolute Gasteiger partial charge is 0.357 e. The second-order valence-corrected chi connectivity index (χ2v) is 6.73. The van der Waals surface area contributed by atoms with Gasteiger partial charge in [0, 0.05) is 50.3 Å². The molecule has 1 aliphatic rings. The summed E-state index contributed by atoms with van der Waals surface area (Å²) in [7, 11) is 0. The average Bonchev–Trinajstić information content (AvgIpc) is 3.10. The van der Waals surface area contributed by atoms with E-state index in [0.29, 0.717) is 0 Å². The second kappa shape index (κ2) is 7.73. The SMILES string of the molecule is CCc1nsc(N(CC)CC2CCN(c3ccccn3)CC2)n1. The zero-order valence-corrected chi connectivity index (χ0v) is 14.8. The topological polar surface area (TPSA) is 45.2 Å². The number of rotatable bonds is 6. The Balaban J connectivity index is 1.55.